The Balaban J connectivity index is 0.921. The summed E-state index contributed by atoms with van der Waals surface area (Å²) in [4.78, 5) is 2.42. The minimum Gasteiger partial charge on any atom is -0.310 e. The van der Waals surface area contributed by atoms with Crippen LogP contribution in [0.2, 0.25) is 0 Å². The molecule has 314 valence electrons. The predicted molar refractivity (Wildman–Crippen MR) is 288 cm³/mol. The molecule has 2 nitrogen and oxygen atoms in total. The lowest BCUT2D eigenvalue weighted by atomic mass is 9.97. The van der Waals surface area contributed by atoms with E-state index in [9.17, 15) is 0 Å². The monoisotopic (exact) mass is 870 g/mol. The molecule has 0 aliphatic rings. The van der Waals surface area contributed by atoms with Crippen LogP contribution in [0, 0.1) is 0 Å². The van der Waals surface area contributed by atoms with Crippen molar-refractivity contribution in [1.82, 2.24) is 4.57 Å². The quantitative estimate of drug-likeness (QED) is 0.148. The molecule has 0 spiro atoms. The fourth-order valence-electron chi connectivity index (χ4n) is 10.2. The zero-order chi connectivity index (χ0) is 44.3. The van der Waals surface area contributed by atoms with Crippen molar-refractivity contribution < 1.29 is 0 Å². The second-order valence-electron chi connectivity index (χ2n) is 17.3. The highest BCUT2D eigenvalue weighted by molar-refractivity contribution is 7.25. The van der Waals surface area contributed by atoms with E-state index in [-0.39, 0.29) is 0 Å². The molecule has 0 amide bonds. The molecule has 0 atom stereocenters. The minimum atomic E-state index is 1.08. The van der Waals surface area contributed by atoms with Gasteiger partial charge in [0.15, 0.2) is 0 Å². The van der Waals surface area contributed by atoms with Gasteiger partial charge in [0.05, 0.1) is 22.4 Å². The number of aromatic nitrogens is 1. The number of hydrogen-bond donors (Lipinski definition) is 0. The highest BCUT2D eigenvalue weighted by Crippen LogP contribution is 2.45. The topological polar surface area (TPSA) is 8.17 Å². The number of nitrogens with zero attached hydrogens (tertiary/aromatic N) is 2. The maximum absolute atomic E-state index is 2.42. The van der Waals surface area contributed by atoms with Gasteiger partial charge in [0.25, 0.3) is 0 Å². The van der Waals surface area contributed by atoms with Crippen molar-refractivity contribution >= 4 is 81.1 Å². The number of hydrogen-bond acceptors (Lipinski definition) is 2. The van der Waals surface area contributed by atoms with Crippen molar-refractivity contribution in [1.29, 1.82) is 0 Å². The van der Waals surface area contributed by atoms with Gasteiger partial charge in [-0.25, -0.2) is 0 Å². The molecule has 13 rings (SSSR count). The Morgan fingerprint density at radius 1 is 0.299 bits per heavy atom. The van der Waals surface area contributed by atoms with E-state index in [1.807, 2.05) is 11.3 Å². The van der Waals surface area contributed by atoms with Crippen LogP contribution in [0.15, 0.2) is 255 Å². The number of benzene rings is 11. The molecule has 2 aromatic heterocycles. The molecule has 0 aliphatic heterocycles. The van der Waals surface area contributed by atoms with Gasteiger partial charge in [-0.1, -0.05) is 182 Å². The number of thiophene rings is 1. The maximum Gasteiger partial charge on any atom is 0.0541 e. The summed E-state index contributed by atoms with van der Waals surface area (Å²) < 4.78 is 5.02. The minimum absolute atomic E-state index is 1.08. The van der Waals surface area contributed by atoms with Gasteiger partial charge in [-0.05, 0) is 117 Å². The highest BCUT2D eigenvalue weighted by Gasteiger charge is 2.20. The molecule has 0 bridgehead atoms. The highest BCUT2D eigenvalue weighted by atomic mass is 32.1. The molecule has 11 aromatic carbocycles. The second kappa shape index (κ2) is 16.2. The van der Waals surface area contributed by atoms with Gasteiger partial charge >= 0.3 is 0 Å². The molecule has 2 heterocycles. The largest absolute Gasteiger partial charge is 0.310 e. The Hall–Kier alpha value is -8.50. The van der Waals surface area contributed by atoms with Crippen LogP contribution >= 0.6 is 11.3 Å². The lowest BCUT2D eigenvalue weighted by molar-refractivity contribution is 1.18. The van der Waals surface area contributed by atoms with E-state index in [0.29, 0.717) is 0 Å². The van der Waals surface area contributed by atoms with E-state index in [0.717, 1.165) is 28.3 Å². The first-order valence-corrected chi connectivity index (χ1v) is 23.7. The molecule has 67 heavy (non-hydrogen) atoms. The molecule has 0 saturated heterocycles. The van der Waals surface area contributed by atoms with Crippen molar-refractivity contribution in [3.63, 3.8) is 0 Å². The van der Waals surface area contributed by atoms with Crippen LogP contribution in [-0.4, -0.2) is 4.57 Å². The molecule has 3 heteroatoms. The molecule has 0 fully saturated rings. The van der Waals surface area contributed by atoms with Crippen molar-refractivity contribution in [2.75, 3.05) is 4.90 Å². The number of para-hydroxylation sites is 4. The van der Waals surface area contributed by atoms with Gasteiger partial charge in [-0.3, -0.25) is 0 Å². The lowest BCUT2D eigenvalue weighted by Gasteiger charge is -2.28. The smallest absolute Gasteiger partial charge is 0.0541 e. The van der Waals surface area contributed by atoms with Crippen LogP contribution in [0.5, 0.6) is 0 Å². The van der Waals surface area contributed by atoms with Crippen molar-refractivity contribution in [2.45, 2.75) is 0 Å². The van der Waals surface area contributed by atoms with E-state index in [4.69, 9.17) is 0 Å². The maximum atomic E-state index is 2.42. The third-order valence-corrected chi connectivity index (χ3v) is 14.5. The first kappa shape index (κ1) is 38.9. The van der Waals surface area contributed by atoms with Crippen molar-refractivity contribution in [2.24, 2.45) is 0 Å². The number of anilines is 3. The van der Waals surface area contributed by atoms with Gasteiger partial charge < -0.3 is 9.47 Å². The fraction of sp³-hybridized carbons (Fsp3) is 0. The predicted octanol–water partition coefficient (Wildman–Crippen LogP) is 18.4. The Morgan fingerprint density at radius 2 is 0.836 bits per heavy atom. The van der Waals surface area contributed by atoms with E-state index < -0.39 is 0 Å². The summed E-state index contributed by atoms with van der Waals surface area (Å²) in [6.45, 7) is 0. The summed E-state index contributed by atoms with van der Waals surface area (Å²) in [6, 6.07) is 93.2. The van der Waals surface area contributed by atoms with Gasteiger partial charge in [-0.15, -0.1) is 11.3 Å². The first-order valence-electron chi connectivity index (χ1n) is 22.9. The number of fused-ring (bicyclic) bond motifs is 7. The molecular formula is C64H42N2S. The van der Waals surface area contributed by atoms with Gasteiger partial charge in [0, 0.05) is 53.4 Å². The van der Waals surface area contributed by atoms with Crippen LogP contribution < -0.4 is 4.90 Å². The van der Waals surface area contributed by atoms with E-state index >= 15 is 0 Å². The van der Waals surface area contributed by atoms with Crippen LogP contribution in [-0.2, 0) is 0 Å². The zero-order valence-corrected chi connectivity index (χ0v) is 37.4. The van der Waals surface area contributed by atoms with Gasteiger partial charge in [0.1, 0.15) is 0 Å². The van der Waals surface area contributed by atoms with Gasteiger partial charge in [-0.2, -0.15) is 0 Å². The Labute approximate surface area is 393 Å². The van der Waals surface area contributed by atoms with Crippen LogP contribution in [0.1, 0.15) is 0 Å². The van der Waals surface area contributed by atoms with Crippen LogP contribution in [0.3, 0.4) is 0 Å². The van der Waals surface area contributed by atoms with E-state index in [2.05, 4.69) is 264 Å². The first-order chi connectivity index (χ1) is 33.2. The summed E-state index contributed by atoms with van der Waals surface area (Å²) in [5.74, 6) is 0. The summed E-state index contributed by atoms with van der Waals surface area (Å²) >= 11 is 1.86. The standard InChI is InChI=1S/C64H42N2S/c1-2-15-46-41-49(29-28-43(46)14-1)48-17-13-16-47(40-48)44-30-35-51(36-31-44)65(59-23-8-4-19-54(59)50-34-39-58-57-22-7-12-27-63(57)67-64(58)42-50)52-37-32-45(33-38-52)53-18-3-9-24-60(53)66-61-25-10-5-20-55(61)56-21-6-11-26-62(56)66/h1-42H. The van der Waals surface area contributed by atoms with Crippen LogP contribution in [0.25, 0.3) is 103 Å². The van der Waals surface area contributed by atoms with Crippen molar-refractivity contribution in [3.05, 3.63) is 255 Å². The Morgan fingerprint density at radius 3 is 1.60 bits per heavy atom. The second-order valence-corrected chi connectivity index (χ2v) is 18.4. The number of rotatable bonds is 8. The summed E-state index contributed by atoms with van der Waals surface area (Å²) in [5.41, 5.74) is 16.3. The fourth-order valence-corrected chi connectivity index (χ4v) is 11.3. The molecule has 0 unspecified atom stereocenters. The third kappa shape index (κ3) is 6.79. The summed E-state index contributed by atoms with van der Waals surface area (Å²) in [6.07, 6.45) is 0. The lowest BCUT2D eigenvalue weighted by Crippen LogP contribution is -2.11. The molecule has 13 aromatic rings. The normalized spacial score (nSPS) is 11.6. The molecular weight excluding hydrogens is 829 g/mol. The van der Waals surface area contributed by atoms with E-state index in [1.54, 1.807) is 0 Å². The SMILES string of the molecule is c1cc(-c2ccc(N(c3ccc(-c4ccccc4-n4c5ccccc5c5ccccc54)cc3)c3ccccc3-c3ccc4c(c3)sc3ccccc34)cc2)cc(-c2ccc3ccccc3c2)c1. The van der Waals surface area contributed by atoms with Crippen LogP contribution in [0.4, 0.5) is 17.1 Å². The average Bonchev–Trinajstić information content (AvgIpc) is 3.95. The molecule has 0 aliphatic carbocycles. The Kier molecular flexibility index (Phi) is 9.40. The average molecular weight is 871 g/mol. The third-order valence-electron chi connectivity index (χ3n) is 13.4. The molecule has 0 N–H and O–H groups in total. The van der Waals surface area contributed by atoms with E-state index in [1.165, 1.54) is 91.7 Å². The summed E-state index contributed by atoms with van der Waals surface area (Å²) in [5, 5.41) is 7.63. The summed E-state index contributed by atoms with van der Waals surface area (Å²) in [7, 11) is 0. The zero-order valence-electron chi connectivity index (χ0n) is 36.6. The van der Waals surface area contributed by atoms with Gasteiger partial charge in [0.2, 0.25) is 0 Å². The molecule has 0 radical (unpaired) electrons. The molecule has 0 saturated carbocycles. The van der Waals surface area contributed by atoms with Crippen molar-refractivity contribution in [3.8, 4) is 50.2 Å². The Bertz CT molecular complexity index is 3930.